The molecule has 1 aliphatic rings. The molecule has 1 aliphatic heterocycles. The quantitative estimate of drug-likeness (QED) is 0.758. The van der Waals surface area contributed by atoms with E-state index >= 15 is 0 Å². The van der Waals surface area contributed by atoms with Crippen molar-refractivity contribution in [3.05, 3.63) is 43.3 Å². The number of anilines is 1. The van der Waals surface area contributed by atoms with Crippen LogP contribution in [0.25, 0.3) is 12.7 Å². The Bertz CT molecular complexity index is 1070. The van der Waals surface area contributed by atoms with Gasteiger partial charge in [-0.05, 0) is 46.3 Å². The van der Waals surface area contributed by atoms with E-state index in [1.165, 1.54) is 11.3 Å². The maximum atomic E-state index is 12.2. The van der Waals surface area contributed by atoms with Crippen molar-refractivity contribution in [1.29, 1.82) is 0 Å². The van der Waals surface area contributed by atoms with E-state index in [9.17, 15) is 9.59 Å². The average molecular weight is 432 g/mol. The van der Waals surface area contributed by atoms with Crippen LogP contribution in [0.15, 0.2) is 23.0 Å². The summed E-state index contributed by atoms with van der Waals surface area (Å²) in [6, 6.07) is 5.78. The minimum absolute atomic E-state index is 0.0287. The number of nitrogens with zero attached hydrogens (tertiary/aromatic N) is 1. The molecule has 1 amide bonds. The van der Waals surface area contributed by atoms with Gasteiger partial charge in [-0.1, -0.05) is 18.7 Å². The average Bonchev–Trinajstić information content (AvgIpc) is 3.20. The first kappa shape index (κ1) is 22.0. The number of alkyl carbamates (subject to hydrolysis) is 1. The van der Waals surface area contributed by atoms with Gasteiger partial charge in [0.05, 0.1) is 27.5 Å². The van der Waals surface area contributed by atoms with Gasteiger partial charge in [0.2, 0.25) is 0 Å². The van der Waals surface area contributed by atoms with Crippen molar-refractivity contribution in [3.8, 4) is 5.75 Å². The van der Waals surface area contributed by atoms with Gasteiger partial charge in [0.25, 0.3) is 5.56 Å². The van der Waals surface area contributed by atoms with Crippen LogP contribution in [0.5, 0.6) is 5.75 Å². The molecule has 1 fully saturated rings. The molecule has 162 valence electrons. The van der Waals surface area contributed by atoms with E-state index in [0.29, 0.717) is 22.3 Å². The van der Waals surface area contributed by atoms with Gasteiger partial charge in [0.15, 0.2) is 0 Å². The van der Waals surface area contributed by atoms with Gasteiger partial charge in [-0.15, -0.1) is 11.3 Å². The number of benzene rings is 1. The van der Waals surface area contributed by atoms with Crippen molar-refractivity contribution < 1.29 is 14.3 Å². The van der Waals surface area contributed by atoms with Crippen molar-refractivity contribution >= 4 is 35.8 Å². The van der Waals surface area contributed by atoms with E-state index in [0.717, 1.165) is 30.0 Å². The van der Waals surface area contributed by atoms with Crippen molar-refractivity contribution in [2.75, 3.05) is 24.6 Å². The van der Waals surface area contributed by atoms with Gasteiger partial charge in [-0.25, -0.2) is 4.79 Å². The summed E-state index contributed by atoms with van der Waals surface area (Å²) in [6.45, 7) is 13.2. The zero-order valence-corrected chi connectivity index (χ0v) is 18.7. The number of hydrogen-bond donors (Lipinski definition) is 2. The normalized spacial score (nSPS) is 17.3. The molecule has 2 heterocycles. The van der Waals surface area contributed by atoms with Crippen LogP contribution in [0.3, 0.4) is 0 Å². The fourth-order valence-electron chi connectivity index (χ4n) is 3.45. The Morgan fingerprint density at radius 3 is 2.83 bits per heavy atom. The summed E-state index contributed by atoms with van der Waals surface area (Å²) in [6.07, 6.45) is 2.25. The molecule has 8 heteroatoms. The highest BCUT2D eigenvalue weighted by Crippen LogP contribution is 2.35. The molecule has 2 aromatic rings. The molecule has 1 aromatic heterocycles. The molecule has 0 saturated carbocycles. The number of hydrogen-bond acceptors (Lipinski definition) is 6. The third-order valence-electron chi connectivity index (χ3n) is 4.55. The monoisotopic (exact) mass is 431 g/mol. The molecule has 1 aromatic carbocycles. The summed E-state index contributed by atoms with van der Waals surface area (Å²) in [5.41, 5.74) is 1.13. The van der Waals surface area contributed by atoms with Gasteiger partial charge >= 0.3 is 6.09 Å². The molecule has 0 aliphatic carbocycles. The number of amides is 1. The molecule has 0 radical (unpaired) electrons. The van der Waals surface area contributed by atoms with Crippen molar-refractivity contribution in [1.82, 2.24) is 10.3 Å². The van der Waals surface area contributed by atoms with E-state index in [2.05, 4.69) is 21.8 Å². The Morgan fingerprint density at radius 1 is 1.43 bits per heavy atom. The fraction of sp³-hybridized carbons (Fsp3) is 0.455. The lowest BCUT2D eigenvalue weighted by Gasteiger charge is -2.25. The molecule has 3 rings (SSSR count). The van der Waals surface area contributed by atoms with Gasteiger partial charge in [0.1, 0.15) is 11.4 Å². The number of aromatic amines is 1. The van der Waals surface area contributed by atoms with Gasteiger partial charge in [-0.3, -0.25) is 4.79 Å². The van der Waals surface area contributed by atoms with E-state index in [1.54, 1.807) is 0 Å². The predicted molar refractivity (Wildman–Crippen MR) is 121 cm³/mol. The first-order chi connectivity index (χ1) is 14.2. The van der Waals surface area contributed by atoms with Crippen molar-refractivity contribution in [2.24, 2.45) is 0 Å². The zero-order valence-electron chi connectivity index (χ0n) is 17.9. The van der Waals surface area contributed by atoms with Crippen LogP contribution < -0.4 is 29.7 Å². The van der Waals surface area contributed by atoms with Crippen LogP contribution in [0.4, 0.5) is 10.5 Å². The number of ether oxygens (including phenoxy) is 2. The minimum atomic E-state index is -0.535. The van der Waals surface area contributed by atoms with Crippen LogP contribution in [-0.2, 0) is 4.74 Å². The summed E-state index contributed by atoms with van der Waals surface area (Å²) >= 11 is 1.33. The van der Waals surface area contributed by atoms with Crippen LogP contribution >= 0.6 is 11.3 Å². The lowest BCUT2D eigenvalue weighted by Crippen LogP contribution is -2.40. The van der Waals surface area contributed by atoms with Gasteiger partial charge < -0.3 is 24.7 Å². The maximum Gasteiger partial charge on any atom is 0.407 e. The summed E-state index contributed by atoms with van der Waals surface area (Å²) in [7, 11) is 0. The molecule has 1 unspecified atom stereocenters. The second-order valence-corrected chi connectivity index (χ2v) is 9.33. The molecule has 2 N–H and O–H groups in total. The maximum absolute atomic E-state index is 12.2. The Balaban J connectivity index is 1.89. The third-order valence-corrected chi connectivity index (χ3v) is 5.42. The summed E-state index contributed by atoms with van der Waals surface area (Å²) in [4.78, 5) is 29.2. The summed E-state index contributed by atoms with van der Waals surface area (Å²) in [5.74, 6) is 0.756. The number of carbonyl (C=O) groups excluding carboxylic acids is 1. The Labute approximate surface area is 180 Å². The zero-order chi connectivity index (χ0) is 21.9. The third kappa shape index (κ3) is 5.44. The molecular weight excluding hydrogens is 402 g/mol. The van der Waals surface area contributed by atoms with Gasteiger partial charge in [-0.2, -0.15) is 0 Å². The Morgan fingerprint density at radius 2 is 2.20 bits per heavy atom. The SMILES string of the molecule is C=c1[nH]c(=O)c(=Cc2cccc(OCC)c2N2CCC(NC(=O)OC(C)(C)C)C2)s1. The highest BCUT2D eigenvalue weighted by atomic mass is 32.1. The lowest BCUT2D eigenvalue weighted by atomic mass is 10.1. The predicted octanol–water partition coefficient (Wildman–Crippen LogP) is 2.18. The number of thiazole rings is 1. The summed E-state index contributed by atoms with van der Waals surface area (Å²) in [5, 5.41) is 2.95. The Hall–Kier alpha value is -2.74. The highest BCUT2D eigenvalue weighted by molar-refractivity contribution is 7.07. The van der Waals surface area contributed by atoms with Crippen molar-refractivity contribution in [2.45, 2.75) is 45.8 Å². The molecule has 1 atom stereocenters. The lowest BCUT2D eigenvalue weighted by molar-refractivity contribution is 0.0509. The number of aromatic nitrogens is 1. The number of para-hydroxylation sites is 1. The van der Waals surface area contributed by atoms with E-state index < -0.39 is 11.7 Å². The first-order valence-electron chi connectivity index (χ1n) is 10.1. The Kier molecular flexibility index (Phi) is 6.55. The number of rotatable bonds is 5. The largest absolute Gasteiger partial charge is 0.492 e. The van der Waals surface area contributed by atoms with Crippen LogP contribution in [0.2, 0.25) is 0 Å². The number of carbonyl (C=O) groups is 1. The van der Waals surface area contributed by atoms with E-state index in [-0.39, 0.29) is 11.6 Å². The van der Waals surface area contributed by atoms with Crippen molar-refractivity contribution in [3.63, 3.8) is 0 Å². The van der Waals surface area contributed by atoms with E-state index in [4.69, 9.17) is 9.47 Å². The summed E-state index contributed by atoms with van der Waals surface area (Å²) < 4.78 is 12.5. The standard InChI is InChI=1S/C22H29N3O4S/c1-6-28-17-9-7-8-15(12-18-20(26)23-14(2)30-18)19(17)25-11-10-16(13-25)24-21(27)29-22(3,4)5/h7-9,12,16H,2,6,10-11,13H2,1,3-5H3,(H,23,26)(H,24,27). The van der Waals surface area contributed by atoms with Crippen LogP contribution in [-0.4, -0.2) is 42.4 Å². The smallest absolute Gasteiger partial charge is 0.407 e. The number of H-pyrrole nitrogens is 1. The minimum Gasteiger partial charge on any atom is -0.492 e. The molecule has 0 bridgehead atoms. The first-order valence-corrected chi connectivity index (χ1v) is 10.9. The van der Waals surface area contributed by atoms with Crippen LogP contribution in [0.1, 0.15) is 39.7 Å². The van der Waals surface area contributed by atoms with Crippen LogP contribution in [0, 0.1) is 0 Å². The highest BCUT2D eigenvalue weighted by Gasteiger charge is 2.29. The van der Waals surface area contributed by atoms with E-state index in [1.807, 2.05) is 52.0 Å². The molecule has 1 saturated heterocycles. The topological polar surface area (TPSA) is 83.7 Å². The fourth-order valence-corrected chi connectivity index (χ4v) is 4.19. The second kappa shape index (κ2) is 8.95. The number of nitrogens with one attached hydrogen (secondary N) is 2. The second-order valence-electron chi connectivity index (χ2n) is 8.19. The molecule has 7 nitrogen and oxygen atoms in total. The van der Waals surface area contributed by atoms with Gasteiger partial charge in [0, 0.05) is 18.7 Å². The molecular formula is C22H29N3O4S. The molecule has 30 heavy (non-hydrogen) atoms. The molecule has 0 spiro atoms.